The number of benzene rings is 2. The summed E-state index contributed by atoms with van der Waals surface area (Å²) >= 11 is 5.98. The minimum atomic E-state index is -0.238. The lowest BCUT2D eigenvalue weighted by Gasteiger charge is -2.34. The van der Waals surface area contributed by atoms with Crippen molar-refractivity contribution in [2.24, 2.45) is 0 Å². The van der Waals surface area contributed by atoms with Gasteiger partial charge in [0, 0.05) is 69.6 Å². The number of hydrogen-bond donors (Lipinski definition) is 1. The average Bonchev–Trinajstić information content (AvgIpc) is 2.96. The van der Waals surface area contributed by atoms with E-state index >= 15 is 0 Å². The summed E-state index contributed by atoms with van der Waals surface area (Å²) < 4.78 is 13.1. The van der Waals surface area contributed by atoms with Crippen molar-refractivity contribution < 1.29 is 14.0 Å². The molecule has 3 aromatic rings. The van der Waals surface area contributed by atoms with Crippen LogP contribution in [0, 0.1) is 5.82 Å². The number of nitrogens with one attached hydrogen (secondary N) is 1. The van der Waals surface area contributed by atoms with Crippen LogP contribution < -0.4 is 5.32 Å². The van der Waals surface area contributed by atoms with Gasteiger partial charge in [-0.2, -0.15) is 0 Å². The number of piperazine rings is 1. The van der Waals surface area contributed by atoms with E-state index in [1.165, 1.54) is 23.9 Å². The zero-order chi connectivity index (χ0) is 27.2. The quantitative estimate of drug-likeness (QED) is 0.478. The van der Waals surface area contributed by atoms with Gasteiger partial charge in [-0.3, -0.25) is 24.4 Å². The van der Waals surface area contributed by atoms with Crippen LogP contribution in [0.25, 0.3) is 0 Å². The SMILES string of the molecule is O=C(NC1CCN(Cc2ccc(Cl)cc2)CC1)c1ccc(C(=O)N2CCN(Cc3ccc(F)cc3)CC2)cn1. The van der Waals surface area contributed by atoms with Gasteiger partial charge in [0.25, 0.3) is 11.8 Å². The number of piperidine rings is 1. The fourth-order valence-electron chi connectivity index (χ4n) is 5.14. The van der Waals surface area contributed by atoms with Crippen molar-refractivity contribution in [3.05, 3.63) is 100 Å². The Labute approximate surface area is 233 Å². The minimum absolute atomic E-state index is 0.0797. The molecule has 2 fully saturated rings. The zero-order valence-corrected chi connectivity index (χ0v) is 22.6. The van der Waals surface area contributed by atoms with E-state index in [1.54, 1.807) is 24.3 Å². The van der Waals surface area contributed by atoms with Gasteiger partial charge in [0.15, 0.2) is 0 Å². The largest absolute Gasteiger partial charge is 0.348 e. The van der Waals surface area contributed by atoms with Crippen LogP contribution in [-0.2, 0) is 13.1 Å². The molecule has 204 valence electrons. The highest BCUT2D eigenvalue weighted by Gasteiger charge is 2.24. The van der Waals surface area contributed by atoms with Gasteiger partial charge < -0.3 is 10.2 Å². The van der Waals surface area contributed by atoms with Crippen LogP contribution in [0.5, 0.6) is 0 Å². The maximum atomic E-state index is 13.1. The fraction of sp³-hybridized carbons (Fsp3) is 0.367. The Bertz CT molecular complexity index is 1250. The summed E-state index contributed by atoms with van der Waals surface area (Å²) in [6, 6.07) is 17.9. The molecule has 5 rings (SSSR count). The number of carbonyl (C=O) groups excluding carboxylic acids is 2. The highest BCUT2D eigenvalue weighted by molar-refractivity contribution is 6.30. The third-order valence-corrected chi connectivity index (χ3v) is 7.72. The van der Waals surface area contributed by atoms with Gasteiger partial charge in [-0.1, -0.05) is 35.9 Å². The number of aromatic nitrogens is 1. The van der Waals surface area contributed by atoms with E-state index < -0.39 is 0 Å². The standard InChI is InChI=1S/C30H33ClFN5O2/c31-25-6-1-22(2-7-25)20-35-13-11-27(12-14-35)34-29(38)28-10-5-24(19-33-28)30(39)37-17-15-36(16-18-37)21-23-3-8-26(32)9-4-23/h1-10,19,27H,11-18,20-21H2,(H,34,38). The molecule has 2 saturated heterocycles. The van der Waals surface area contributed by atoms with E-state index in [2.05, 4.69) is 20.1 Å². The van der Waals surface area contributed by atoms with E-state index in [-0.39, 0.29) is 23.7 Å². The highest BCUT2D eigenvalue weighted by Crippen LogP contribution is 2.17. The Morgan fingerprint density at radius 1 is 0.821 bits per heavy atom. The molecule has 3 heterocycles. The van der Waals surface area contributed by atoms with Crippen LogP contribution >= 0.6 is 11.6 Å². The molecular formula is C30H33ClFN5O2. The molecule has 7 nitrogen and oxygen atoms in total. The smallest absolute Gasteiger partial charge is 0.270 e. The van der Waals surface area contributed by atoms with Crippen molar-refractivity contribution in [2.75, 3.05) is 39.3 Å². The molecule has 39 heavy (non-hydrogen) atoms. The fourth-order valence-corrected chi connectivity index (χ4v) is 5.26. The van der Waals surface area contributed by atoms with Crippen LogP contribution in [0.15, 0.2) is 66.9 Å². The van der Waals surface area contributed by atoms with Gasteiger partial charge in [-0.15, -0.1) is 0 Å². The molecule has 0 unspecified atom stereocenters. The zero-order valence-electron chi connectivity index (χ0n) is 21.9. The minimum Gasteiger partial charge on any atom is -0.348 e. The second-order valence-electron chi connectivity index (χ2n) is 10.3. The molecule has 1 aromatic heterocycles. The van der Waals surface area contributed by atoms with Crippen molar-refractivity contribution in [3.8, 4) is 0 Å². The molecule has 2 aromatic carbocycles. The van der Waals surface area contributed by atoms with Gasteiger partial charge in [-0.05, 0) is 60.4 Å². The highest BCUT2D eigenvalue weighted by atomic mass is 35.5. The van der Waals surface area contributed by atoms with Crippen LogP contribution in [0.4, 0.5) is 4.39 Å². The molecule has 9 heteroatoms. The van der Waals surface area contributed by atoms with Crippen LogP contribution in [0.3, 0.4) is 0 Å². The topological polar surface area (TPSA) is 68.8 Å². The molecule has 0 atom stereocenters. The predicted octanol–water partition coefficient (Wildman–Crippen LogP) is 4.23. The van der Waals surface area contributed by atoms with Gasteiger partial charge in [0.1, 0.15) is 11.5 Å². The summed E-state index contributed by atoms with van der Waals surface area (Å²) in [6.07, 6.45) is 3.25. The van der Waals surface area contributed by atoms with E-state index in [4.69, 9.17) is 11.6 Å². The summed E-state index contributed by atoms with van der Waals surface area (Å²) in [6.45, 7) is 6.13. The Kier molecular flexibility index (Phi) is 8.86. The maximum Gasteiger partial charge on any atom is 0.270 e. The number of hydrogen-bond acceptors (Lipinski definition) is 5. The molecule has 1 N–H and O–H groups in total. The van der Waals surface area contributed by atoms with Crippen molar-refractivity contribution in [2.45, 2.75) is 32.0 Å². The van der Waals surface area contributed by atoms with Crippen molar-refractivity contribution in [1.82, 2.24) is 25.0 Å². The van der Waals surface area contributed by atoms with Gasteiger partial charge in [0.2, 0.25) is 0 Å². The number of rotatable bonds is 7. The Balaban J connectivity index is 1.05. The Morgan fingerprint density at radius 2 is 1.41 bits per heavy atom. The average molecular weight is 550 g/mol. The molecule has 0 bridgehead atoms. The molecule has 0 aliphatic carbocycles. The molecule has 2 aliphatic heterocycles. The number of carbonyl (C=O) groups is 2. The molecule has 0 saturated carbocycles. The van der Waals surface area contributed by atoms with Crippen molar-refractivity contribution in [3.63, 3.8) is 0 Å². The van der Waals surface area contributed by atoms with Crippen molar-refractivity contribution in [1.29, 1.82) is 0 Å². The van der Waals surface area contributed by atoms with E-state index in [1.807, 2.05) is 29.2 Å². The van der Waals surface area contributed by atoms with Crippen LogP contribution in [0.1, 0.15) is 44.8 Å². The predicted molar refractivity (Wildman–Crippen MR) is 149 cm³/mol. The maximum absolute atomic E-state index is 13.1. The summed E-state index contributed by atoms with van der Waals surface area (Å²) in [4.78, 5) is 36.5. The molecule has 0 radical (unpaired) electrons. The summed E-state index contributed by atoms with van der Waals surface area (Å²) in [5, 5.41) is 3.84. The van der Waals surface area contributed by atoms with E-state index in [9.17, 15) is 14.0 Å². The second kappa shape index (κ2) is 12.7. The number of halogens is 2. The number of nitrogens with zero attached hydrogens (tertiary/aromatic N) is 4. The van der Waals surface area contributed by atoms with Crippen LogP contribution in [0.2, 0.25) is 5.02 Å². The normalized spacial score (nSPS) is 17.2. The third-order valence-electron chi connectivity index (χ3n) is 7.46. The monoisotopic (exact) mass is 549 g/mol. The summed E-state index contributed by atoms with van der Waals surface area (Å²) in [7, 11) is 0. The molecule has 0 spiro atoms. The van der Waals surface area contributed by atoms with Gasteiger partial charge in [0.05, 0.1) is 5.56 Å². The lowest BCUT2D eigenvalue weighted by molar-refractivity contribution is 0.0627. The summed E-state index contributed by atoms with van der Waals surface area (Å²) in [5.41, 5.74) is 3.08. The molecule has 2 amide bonds. The number of amides is 2. The first kappa shape index (κ1) is 27.2. The summed E-state index contributed by atoms with van der Waals surface area (Å²) in [5.74, 6) is -0.527. The van der Waals surface area contributed by atoms with E-state index in [0.717, 1.165) is 62.7 Å². The molecular weight excluding hydrogens is 517 g/mol. The Hall–Kier alpha value is -3.33. The lowest BCUT2D eigenvalue weighted by atomic mass is 10.0. The van der Waals surface area contributed by atoms with Gasteiger partial charge >= 0.3 is 0 Å². The third kappa shape index (κ3) is 7.41. The van der Waals surface area contributed by atoms with E-state index in [0.29, 0.717) is 24.3 Å². The van der Waals surface area contributed by atoms with Crippen molar-refractivity contribution >= 4 is 23.4 Å². The first-order valence-corrected chi connectivity index (χ1v) is 13.8. The lowest BCUT2D eigenvalue weighted by Crippen LogP contribution is -2.48. The van der Waals surface area contributed by atoms with Crippen LogP contribution in [-0.4, -0.2) is 76.8 Å². The second-order valence-corrected chi connectivity index (χ2v) is 10.7. The first-order valence-electron chi connectivity index (χ1n) is 13.4. The first-order chi connectivity index (χ1) is 18.9. The number of pyridine rings is 1. The molecule has 2 aliphatic rings. The Morgan fingerprint density at radius 3 is 2.00 bits per heavy atom. The van der Waals surface area contributed by atoms with Gasteiger partial charge in [-0.25, -0.2) is 4.39 Å². The number of likely N-dealkylation sites (tertiary alicyclic amines) is 1.